The molecule has 2 heterocycles. The van der Waals surface area contributed by atoms with Crippen molar-refractivity contribution in [1.29, 1.82) is 0 Å². The summed E-state index contributed by atoms with van der Waals surface area (Å²) in [5.41, 5.74) is 9.27. The summed E-state index contributed by atoms with van der Waals surface area (Å²) in [6.45, 7) is 7.07. The van der Waals surface area contributed by atoms with E-state index < -0.39 is 6.17 Å². The number of hydrogen-bond acceptors (Lipinski definition) is 5. The standard InChI is InChI=1S/C27H33N5O2/c1-4-25(33)32(21-8-6-5-7-9-21)22-12-14-31(15-13-22)26-23(27(34)29-19(3)28)17-20-16-18(2)10-11-24(20)30-26/h5-11,16-17,19,22H,4,12-15,28H2,1-3H3,(H,29,34). The number of aromatic nitrogens is 1. The molecule has 7 heteroatoms. The van der Waals surface area contributed by atoms with Gasteiger partial charge in [0.05, 0.1) is 17.2 Å². The van der Waals surface area contributed by atoms with Gasteiger partial charge < -0.3 is 20.9 Å². The van der Waals surface area contributed by atoms with Crippen molar-refractivity contribution in [2.45, 2.75) is 52.2 Å². The van der Waals surface area contributed by atoms with Crippen LogP contribution in [0, 0.1) is 6.92 Å². The van der Waals surface area contributed by atoms with Crippen molar-refractivity contribution in [2.75, 3.05) is 22.9 Å². The molecule has 3 N–H and O–H groups in total. The molecule has 1 atom stereocenters. The number of hydrogen-bond donors (Lipinski definition) is 2. The molecule has 1 saturated heterocycles. The number of carbonyl (C=O) groups excluding carboxylic acids is 2. The summed E-state index contributed by atoms with van der Waals surface area (Å²) >= 11 is 0. The number of anilines is 2. The van der Waals surface area contributed by atoms with E-state index in [1.165, 1.54) is 0 Å². The van der Waals surface area contributed by atoms with Gasteiger partial charge in [0.1, 0.15) is 5.82 Å². The number of benzene rings is 2. The van der Waals surface area contributed by atoms with E-state index in [1.54, 1.807) is 6.92 Å². The molecular formula is C27H33N5O2. The summed E-state index contributed by atoms with van der Waals surface area (Å²) in [5, 5.41) is 3.74. The Kier molecular flexibility index (Phi) is 7.12. The second kappa shape index (κ2) is 10.2. The maximum absolute atomic E-state index is 13.0. The van der Waals surface area contributed by atoms with Crippen LogP contribution in [-0.4, -0.2) is 42.1 Å². The Bertz CT molecular complexity index is 1170. The zero-order valence-electron chi connectivity index (χ0n) is 20.1. The summed E-state index contributed by atoms with van der Waals surface area (Å²) < 4.78 is 0. The first-order valence-corrected chi connectivity index (χ1v) is 12.0. The maximum atomic E-state index is 13.0. The van der Waals surface area contributed by atoms with Crippen molar-refractivity contribution in [1.82, 2.24) is 10.3 Å². The first-order chi connectivity index (χ1) is 16.4. The monoisotopic (exact) mass is 459 g/mol. The van der Waals surface area contributed by atoms with Crippen LogP contribution >= 0.6 is 0 Å². The van der Waals surface area contributed by atoms with Crippen molar-refractivity contribution in [3.8, 4) is 0 Å². The Labute approximate surface area is 200 Å². The predicted molar refractivity (Wildman–Crippen MR) is 137 cm³/mol. The number of piperidine rings is 1. The second-order valence-electron chi connectivity index (χ2n) is 8.99. The molecule has 1 aliphatic heterocycles. The first kappa shape index (κ1) is 23.7. The van der Waals surface area contributed by atoms with E-state index >= 15 is 0 Å². The molecule has 2 amide bonds. The van der Waals surface area contributed by atoms with Crippen molar-refractivity contribution >= 4 is 34.2 Å². The van der Waals surface area contributed by atoms with Gasteiger partial charge in [-0.15, -0.1) is 0 Å². The molecule has 1 aliphatic rings. The van der Waals surface area contributed by atoms with Crippen molar-refractivity contribution in [2.24, 2.45) is 5.73 Å². The molecule has 0 bridgehead atoms. The highest BCUT2D eigenvalue weighted by molar-refractivity contribution is 6.02. The van der Waals surface area contributed by atoms with Crippen LogP contribution in [0.3, 0.4) is 0 Å². The lowest BCUT2D eigenvalue weighted by Gasteiger charge is -2.39. The normalized spacial score (nSPS) is 15.2. The molecule has 3 aromatic rings. The average molecular weight is 460 g/mol. The van der Waals surface area contributed by atoms with Gasteiger partial charge in [-0.25, -0.2) is 4.98 Å². The number of carbonyl (C=O) groups is 2. The minimum absolute atomic E-state index is 0.107. The van der Waals surface area contributed by atoms with Crippen LogP contribution in [0.2, 0.25) is 0 Å². The molecular weight excluding hydrogens is 426 g/mol. The number of rotatable bonds is 6. The molecule has 4 rings (SSSR count). The molecule has 0 radical (unpaired) electrons. The predicted octanol–water partition coefficient (Wildman–Crippen LogP) is 3.99. The number of nitrogens with one attached hydrogen (secondary N) is 1. The van der Waals surface area contributed by atoms with Gasteiger partial charge in [0.15, 0.2) is 0 Å². The highest BCUT2D eigenvalue weighted by atomic mass is 16.2. The van der Waals surface area contributed by atoms with E-state index in [0.29, 0.717) is 30.9 Å². The van der Waals surface area contributed by atoms with Crippen molar-refractivity contribution in [3.05, 3.63) is 65.7 Å². The Morgan fingerprint density at radius 3 is 2.50 bits per heavy atom. The van der Waals surface area contributed by atoms with Crippen LogP contribution in [0.5, 0.6) is 0 Å². The van der Waals surface area contributed by atoms with Crippen LogP contribution < -0.4 is 20.9 Å². The third-order valence-electron chi connectivity index (χ3n) is 6.29. The summed E-state index contributed by atoms with van der Waals surface area (Å²) in [7, 11) is 0. The number of fused-ring (bicyclic) bond motifs is 1. The summed E-state index contributed by atoms with van der Waals surface area (Å²) in [4.78, 5) is 34.8. The number of amides is 2. The number of nitrogens with two attached hydrogens (primary N) is 1. The Morgan fingerprint density at radius 1 is 1.15 bits per heavy atom. The minimum Gasteiger partial charge on any atom is -0.356 e. The molecule has 2 aromatic carbocycles. The van der Waals surface area contributed by atoms with E-state index in [4.69, 9.17) is 10.7 Å². The van der Waals surface area contributed by atoms with Crippen LogP contribution in [0.4, 0.5) is 11.5 Å². The third kappa shape index (κ3) is 5.04. The van der Waals surface area contributed by atoms with E-state index in [2.05, 4.69) is 10.2 Å². The van der Waals surface area contributed by atoms with Crippen LogP contribution in [0.15, 0.2) is 54.6 Å². The molecule has 34 heavy (non-hydrogen) atoms. The lowest BCUT2D eigenvalue weighted by Crippen LogP contribution is -2.48. The Morgan fingerprint density at radius 2 is 1.85 bits per heavy atom. The Hall–Kier alpha value is -3.45. The van der Waals surface area contributed by atoms with Crippen molar-refractivity contribution < 1.29 is 9.59 Å². The Balaban J connectivity index is 1.62. The number of para-hydroxylation sites is 1. The van der Waals surface area contributed by atoms with Gasteiger partial charge in [-0.2, -0.15) is 0 Å². The smallest absolute Gasteiger partial charge is 0.256 e. The van der Waals surface area contributed by atoms with Gasteiger partial charge in [-0.05, 0) is 57.0 Å². The molecule has 0 aliphatic carbocycles. The van der Waals surface area contributed by atoms with E-state index in [0.717, 1.165) is 35.0 Å². The van der Waals surface area contributed by atoms with Gasteiger partial charge in [-0.1, -0.05) is 36.8 Å². The van der Waals surface area contributed by atoms with Gasteiger partial charge >= 0.3 is 0 Å². The zero-order valence-corrected chi connectivity index (χ0v) is 20.1. The van der Waals surface area contributed by atoms with Gasteiger partial charge in [0.25, 0.3) is 5.91 Å². The molecule has 0 spiro atoms. The lowest BCUT2D eigenvalue weighted by atomic mass is 10.0. The van der Waals surface area contributed by atoms with Crippen LogP contribution in [0.25, 0.3) is 10.9 Å². The molecule has 1 aromatic heterocycles. The molecule has 1 fully saturated rings. The van der Waals surface area contributed by atoms with E-state index in [1.807, 2.05) is 73.3 Å². The SMILES string of the molecule is CCC(=O)N(c1ccccc1)C1CCN(c2nc3ccc(C)cc3cc2C(=O)NC(C)N)CC1. The zero-order chi connectivity index (χ0) is 24.2. The first-order valence-electron chi connectivity index (χ1n) is 12.0. The topological polar surface area (TPSA) is 91.6 Å². The number of aryl methyl sites for hydroxylation is 1. The largest absolute Gasteiger partial charge is 0.356 e. The minimum atomic E-state index is -0.459. The molecule has 1 unspecified atom stereocenters. The van der Waals surface area contributed by atoms with E-state index in [-0.39, 0.29) is 17.9 Å². The summed E-state index contributed by atoms with van der Waals surface area (Å²) in [5.74, 6) is 0.567. The fraction of sp³-hybridized carbons (Fsp3) is 0.370. The van der Waals surface area contributed by atoms with Crippen LogP contribution in [-0.2, 0) is 4.79 Å². The fourth-order valence-corrected chi connectivity index (χ4v) is 4.63. The van der Waals surface area contributed by atoms with Crippen molar-refractivity contribution in [3.63, 3.8) is 0 Å². The second-order valence-corrected chi connectivity index (χ2v) is 8.99. The number of nitrogens with zero attached hydrogens (tertiary/aromatic N) is 3. The van der Waals surface area contributed by atoms with Gasteiger partial charge in [-0.3, -0.25) is 9.59 Å². The lowest BCUT2D eigenvalue weighted by molar-refractivity contribution is -0.118. The number of pyridine rings is 1. The van der Waals surface area contributed by atoms with E-state index in [9.17, 15) is 9.59 Å². The quantitative estimate of drug-likeness (QED) is 0.544. The molecule has 7 nitrogen and oxygen atoms in total. The van der Waals surface area contributed by atoms with Gasteiger partial charge in [0, 0.05) is 36.6 Å². The summed E-state index contributed by atoms with van der Waals surface area (Å²) in [6.07, 6.45) is 1.59. The summed E-state index contributed by atoms with van der Waals surface area (Å²) in [6, 6.07) is 17.9. The molecule has 178 valence electrons. The third-order valence-corrected chi connectivity index (χ3v) is 6.29. The average Bonchev–Trinajstić information content (AvgIpc) is 2.84. The highest BCUT2D eigenvalue weighted by Crippen LogP contribution is 2.30. The molecule has 0 saturated carbocycles. The van der Waals surface area contributed by atoms with Crippen LogP contribution in [0.1, 0.15) is 49.0 Å². The fourth-order valence-electron chi connectivity index (χ4n) is 4.63. The maximum Gasteiger partial charge on any atom is 0.256 e. The van der Waals surface area contributed by atoms with Gasteiger partial charge in [0.2, 0.25) is 5.91 Å². The highest BCUT2D eigenvalue weighted by Gasteiger charge is 2.30.